The molecule has 0 saturated heterocycles. The topological polar surface area (TPSA) is 0 Å². The summed E-state index contributed by atoms with van der Waals surface area (Å²) in [4.78, 5) is 0. The number of thioether (sulfide) groups is 1. The molecule has 0 unspecified atom stereocenters. The van der Waals surface area contributed by atoms with Crippen molar-refractivity contribution in [2.45, 2.75) is 20.3 Å². The van der Waals surface area contributed by atoms with E-state index in [1.54, 1.807) is 0 Å². The fraction of sp³-hybridized carbons (Fsp3) is 1.00. The molecule has 0 atom stereocenters. The highest BCUT2D eigenvalue weighted by molar-refractivity contribution is 7.98. The largest absolute Gasteiger partial charge is 0.165 e. The van der Waals surface area contributed by atoms with Gasteiger partial charge in [0, 0.05) is 1.43 Å². The van der Waals surface area contributed by atoms with Crippen molar-refractivity contribution in [3.8, 4) is 0 Å². The summed E-state index contributed by atoms with van der Waals surface area (Å²) in [5.41, 5.74) is 0. The molecule has 46 valence electrons. The van der Waals surface area contributed by atoms with Crippen LogP contribution in [-0.2, 0) is 0 Å². The van der Waals surface area contributed by atoms with Gasteiger partial charge in [0.15, 0.2) is 0 Å². The standard InChI is InChI=1S/C5H10S.CH4.H2/c1-6-4-5-2-3-5;;/h5H,2-4H2,1H3;1H4;1H. The van der Waals surface area contributed by atoms with Gasteiger partial charge in [-0.2, -0.15) is 11.8 Å². The van der Waals surface area contributed by atoms with Crippen molar-refractivity contribution >= 4 is 11.8 Å². The molecule has 0 spiro atoms. The highest BCUT2D eigenvalue weighted by Crippen LogP contribution is 2.31. The molecule has 0 amide bonds. The predicted molar refractivity (Wildman–Crippen MR) is 40.0 cm³/mol. The Balaban J connectivity index is 0. The first-order chi connectivity index (χ1) is 2.93. The Kier molecular flexibility index (Phi) is 3.53. The monoisotopic (exact) mass is 120 g/mol. The normalized spacial score (nSPS) is 18.4. The van der Waals surface area contributed by atoms with E-state index in [9.17, 15) is 0 Å². The van der Waals surface area contributed by atoms with E-state index in [1.165, 1.54) is 18.6 Å². The highest BCUT2D eigenvalue weighted by atomic mass is 32.2. The molecular formula is C6H16S. The second-order valence-corrected chi connectivity index (χ2v) is 2.81. The molecule has 1 heteroatoms. The van der Waals surface area contributed by atoms with E-state index in [4.69, 9.17) is 0 Å². The third-order valence-electron chi connectivity index (χ3n) is 1.10. The summed E-state index contributed by atoms with van der Waals surface area (Å²) in [6.07, 6.45) is 5.18. The van der Waals surface area contributed by atoms with Crippen molar-refractivity contribution in [3.05, 3.63) is 0 Å². The number of hydrogen-bond donors (Lipinski definition) is 0. The lowest BCUT2D eigenvalue weighted by Gasteiger charge is -1.83. The molecule has 0 aromatic heterocycles. The zero-order valence-electron chi connectivity index (χ0n) is 4.11. The zero-order chi connectivity index (χ0) is 4.41. The summed E-state index contributed by atoms with van der Waals surface area (Å²) >= 11 is 1.97. The van der Waals surface area contributed by atoms with E-state index in [2.05, 4.69) is 6.26 Å². The van der Waals surface area contributed by atoms with E-state index >= 15 is 0 Å². The molecule has 0 bridgehead atoms. The molecule has 0 aromatic carbocycles. The lowest BCUT2D eigenvalue weighted by molar-refractivity contribution is 1.00. The molecule has 1 rings (SSSR count). The SMILES string of the molecule is C.CSCC1CC1.[HH]. The molecular weight excluding hydrogens is 104 g/mol. The van der Waals surface area contributed by atoms with E-state index in [0.717, 1.165) is 5.92 Å². The van der Waals surface area contributed by atoms with Gasteiger partial charge in [-0.05, 0) is 30.8 Å². The first-order valence-electron chi connectivity index (χ1n) is 2.42. The maximum atomic E-state index is 2.18. The highest BCUT2D eigenvalue weighted by Gasteiger charge is 2.19. The average Bonchev–Trinajstić information content (AvgIpc) is 2.21. The van der Waals surface area contributed by atoms with Crippen LogP contribution in [0.15, 0.2) is 0 Å². The van der Waals surface area contributed by atoms with Crippen LogP contribution in [0, 0.1) is 5.92 Å². The van der Waals surface area contributed by atoms with Crippen LogP contribution in [0.2, 0.25) is 0 Å². The summed E-state index contributed by atoms with van der Waals surface area (Å²) in [6.45, 7) is 0. The molecule has 0 radical (unpaired) electrons. The minimum absolute atomic E-state index is 0. The van der Waals surface area contributed by atoms with Crippen LogP contribution in [0.25, 0.3) is 0 Å². The molecule has 1 fully saturated rings. The summed E-state index contributed by atoms with van der Waals surface area (Å²) in [7, 11) is 0. The van der Waals surface area contributed by atoms with E-state index in [-0.39, 0.29) is 8.85 Å². The van der Waals surface area contributed by atoms with Crippen LogP contribution in [0.3, 0.4) is 0 Å². The van der Waals surface area contributed by atoms with Gasteiger partial charge in [0.1, 0.15) is 0 Å². The van der Waals surface area contributed by atoms with Crippen molar-refractivity contribution in [3.63, 3.8) is 0 Å². The summed E-state index contributed by atoms with van der Waals surface area (Å²) in [5.74, 6) is 2.51. The van der Waals surface area contributed by atoms with Gasteiger partial charge >= 0.3 is 0 Å². The van der Waals surface area contributed by atoms with Gasteiger partial charge in [-0.15, -0.1) is 0 Å². The predicted octanol–water partition coefficient (Wildman–Crippen LogP) is 2.64. The summed E-state index contributed by atoms with van der Waals surface area (Å²) in [5, 5.41) is 0. The molecule has 0 aliphatic heterocycles. The lowest BCUT2D eigenvalue weighted by atomic mass is 10.5. The second kappa shape index (κ2) is 3.36. The van der Waals surface area contributed by atoms with Gasteiger partial charge in [0.05, 0.1) is 0 Å². The minimum Gasteiger partial charge on any atom is -0.165 e. The van der Waals surface area contributed by atoms with Gasteiger partial charge in [-0.1, -0.05) is 7.43 Å². The van der Waals surface area contributed by atoms with E-state index in [1.807, 2.05) is 11.8 Å². The quantitative estimate of drug-likeness (QED) is 0.540. The third-order valence-corrected chi connectivity index (χ3v) is 1.90. The first-order valence-corrected chi connectivity index (χ1v) is 3.82. The van der Waals surface area contributed by atoms with E-state index < -0.39 is 0 Å². The fourth-order valence-electron chi connectivity index (χ4n) is 0.520. The van der Waals surface area contributed by atoms with Crippen LogP contribution in [-0.4, -0.2) is 12.0 Å². The molecule has 1 aliphatic rings. The lowest BCUT2D eigenvalue weighted by Crippen LogP contribution is -1.74. The Labute approximate surface area is 52.2 Å². The maximum absolute atomic E-state index is 2.18. The molecule has 1 saturated carbocycles. The van der Waals surface area contributed by atoms with Crippen LogP contribution >= 0.6 is 11.8 Å². The van der Waals surface area contributed by atoms with Gasteiger partial charge in [-0.25, -0.2) is 0 Å². The van der Waals surface area contributed by atoms with Crippen LogP contribution in [0.5, 0.6) is 0 Å². The van der Waals surface area contributed by atoms with Crippen molar-refractivity contribution in [1.29, 1.82) is 0 Å². The van der Waals surface area contributed by atoms with Crippen molar-refractivity contribution in [2.75, 3.05) is 12.0 Å². The smallest absolute Gasteiger partial charge is 0 e. The van der Waals surface area contributed by atoms with Crippen molar-refractivity contribution < 1.29 is 1.43 Å². The molecule has 0 aromatic rings. The first kappa shape index (κ1) is 7.35. The summed E-state index contributed by atoms with van der Waals surface area (Å²) < 4.78 is 0. The average molecular weight is 120 g/mol. The molecule has 7 heavy (non-hydrogen) atoms. The Morgan fingerprint density at radius 2 is 2.29 bits per heavy atom. The van der Waals surface area contributed by atoms with Crippen molar-refractivity contribution in [2.24, 2.45) is 5.92 Å². The van der Waals surface area contributed by atoms with Gasteiger partial charge in [-0.3, -0.25) is 0 Å². The Bertz CT molecular complexity index is 43.8. The summed E-state index contributed by atoms with van der Waals surface area (Å²) in [6, 6.07) is 0. The second-order valence-electron chi connectivity index (χ2n) is 1.90. The van der Waals surface area contributed by atoms with Crippen LogP contribution in [0.4, 0.5) is 0 Å². The number of hydrogen-bond acceptors (Lipinski definition) is 1. The fourth-order valence-corrected chi connectivity index (χ4v) is 1.32. The molecule has 0 N–H and O–H groups in total. The number of rotatable bonds is 2. The van der Waals surface area contributed by atoms with E-state index in [0.29, 0.717) is 0 Å². The van der Waals surface area contributed by atoms with Crippen LogP contribution in [0.1, 0.15) is 21.7 Å². The molecule has 0 heterocycles. The van der Waals surface area contributed by atoms with Crippen molar-refractivity contribution in [1.82, 2.24) is 0 Å². The Hall–Kier alpha value is 0.350. The van der Waals surface area contributed by atoms with Gasteiger partial charge in [0.2, 0.25) is 0 Å². The van der Waals surface area contributed by atoms with Gasteiger partial charge in [0.25, 0.3) is 0 Å². The van der Waals surface area contributed by atoms with Crippen LogP contribution < -0.4 is 0 Å². The maximum Gasteiger partial charge on any atom is 0 e. The molecule has 0 nitrogen and oxygen atoms in total. The minimum atomic E-state index is 0. The zero-order valence-corrected chi connectivity index (χ0v) is 4.92. The van der Waals surface area contributed by atoms with Gasteiger partial charge < -0.3 is 0 Å². The third kappa shape index (κ3) is 2.98. The Morgan fingerprint density at radius 1 is 1.71 bits per heavy atom. The molecule has 1 aliphatic carbocycles. The Morgan fingerprint density at radius 3 is 2.43 bits per heavy atom.